The molecule has 174 valence electrons. The maximum absolute atomic E-state index is 13.6. The molecule has 0 spiro atoms. The molecule has 0 saturated carbocycles. The molecule has 0 radical (unpaired) electrons. The molecule has 2 heterocycles. The number of aliphatic hydroxyl groups is 1. The zero-order chi connectivity index (χ0) is 24.6. The minimum atomic E-state index is -1.10. The number of Topliss-reactive ketones (excluding diaryl/α,β-unsaturated/α-hetero) is 1. The standard InChI is InChI=1S/C24H18ClFN2O5S/c1-3-33-23(32)21-12(2)27-24(34-21)28-18(13-6-10-16(26)11-7-13)17(20(30)22(28)31)19(29)14-4-8-15(25)9-5-14/h4-11,18,29H,3H2,1-2H3/b19-17+/t18-/m0/s1. The third-order valence-corrected chi connectivity index (χ3v) is 6.59. The minimum Gasteiger partial charge on any atom is -0.507 e. The summed E-state index contributed by atoms with van der Waals surface area (Å²) < 4.78 is 18.7. The first-order valence-corrected chi connectivity index (χ1v) is 11.4. The number of aryl methyl sites for hydroxylation is 1. The van der Waals surface area contributed by atoms with Crippen LogP contribution >= 0.6 is 22.9 Å². The number of esters is 1. The van der Waals surface area contributed by atoms with Crippen molar-refractivity contribution in [3.63, 3.8) is 0 Å². The number of nitrogens with zero attached hydrogens (tertiary/aromatic N) is 2. The van der Waals surface area contributed by atoms with Crippen LogP contribution < -0.4 is 4.90 Å². The number of ether oxygens (including phenoxy) is 1. The van der Waals surface area contributed by atoms with Gasteiger partial charge in [-0.15, -0.1) is 0 Å². The molecule has 10 heteroatoms. The van der Waals surface area contributed by atoms with Gasteiger partial charge in [0.05, 0.1) is 23.9 Å². The van der Waals surface area contributed by atoms with Crippen LogP contribution in [-0.2, 0) is 14.3 Å². The highest BCUT2D eigenvalue weighted by Gasteiger charge is 2.48. The van der Waals surface area contributed by atoms with E-state index in [0.29, 0.717) is 16.3 Å². The van der Waals surface area contributed by atoms with Crippen LogP contribution in [0.15, 0.2) is 54.1 Å². The van der Waals surface area contributed by atoms with Gasteiger partial charge in [0.2, 0.25) is 0 Å². The number of hydrogen-bond donors (Lipinski definition) is 1. The third-order valence-electron chi connectivity index (χ3n) is 5.20. The van der Waals surface area contributed by atoms with E-state index in [0.717, 1.165) is 16.2 Å². The predicted molar refractivity (Wildman–Crippen MR) is 125 cm³/mol. The largest absolute Gasteiger partial charge is 0.507 e. The summed E-state index contributed by atoms with van der Waals surface area (Å²) in [5, 5.41) is 11.5. The number of thiazole rings is 1. The smallest absolute Gasteiger partial charge is 0.350 e. The molecule has 1 N–H and O–H groups in total. The fourth-order valence-corrected chi connectivity index (χ4v) is 4.74. The molecule has 1 atom stereocenters. The van der Waals surface area contributed by atoms with Crippen molar-refractivity contribution in [1.82, 2.24) is 4.98 Å². The highest BCUT2D eigenvalue weighted by Crippen LogP contribution is 2.44. The molecule has 3 aromatic rings. The average molecular weight is 501 g/mol. The Morgan fingerprint density at radius 3 is 2.44 bits per heavy atom. The van der Waals surface area contributed by atoms with Crippen molar-refractivity contribution in [2.75, 3.05) is 11.5 Å². The van der Waals surface area contributed by atoms with Crippen molar-refractivity contribution in [3.05, 3.63) is 86.6 Å². The molecule has 1 aliphatic rings. The molecular formula is C24H18ClFN2O5S. The van der Waals surface area contributed by atoms with Crippen molar-refractivity contribution < 1.29 is 28.6 Å². The second-order valence-corrected chi connectivity index (χ2v) is 8.77. The van der Waals surface area contributed by atoms with Gasteiger partial charge < -0.3 is 9.84 Å². The maximum Gasteiger partial charge on any atom is 0.350 e. The zero-order valence-corrected chi connectivity index (χ0v) is 19.6. The van der Waals surface area contributed by atoms with E-state index in [1.54, 1.807) is 13.8 Å². The van der Waals surface area contributed by atoms with Crippen LogP contribution in [0.1, 0.15) is 39.5 Å². The van der Waals surface area contributed by atoms with Gasteiger partial charge in [0, 0.05) is 10.6 Å². The van der Waals surface area contributed by atoms with Crippen LogP contribution in [0.3, 0.4) is 0 Å². The number of benzene rings is 2. The lowest BCUT2D eigenvalue weighted by Crippen LogP contribution is -2.29. The molecule has 7 nitrogen and oxygen atoms in total. The number of aromatic nitrogens is 1. The average Bonchev–Trinajstić information content (AvgIpc) is 3.31. The van der Waals surface area contributed by atoms with Crippen LogP contribution in [0.25, 0.3) is 5.76 Å². The van der Waals surface area contributed by atoms with Gasteiger partial charge in [-0.05, 0) is 55.8 Å². The van der Waals surface area contributed by atoms with E-state index < -0.39 is 35.3 Å². The molecule has 1 fully saturated rings. The Bertz CT molecular complexity index is 1320. The monoisotopic (exact) mass is 500 g/mol. The summed E-state index contributed by atoms with van der Waals surface area (Å²) in [5.41, 5.74) is 0.791. The summed E-state index contributed by atoms with van der Waals surface area (Å²) >= 11 is 6.82. The lowest BCUT2D eigenvalue weighted by atomic mass is 9.95. The molecule has 2 aromatic carbocycles. The molecule has 4 rings (SSSR count). The molecule has 1 amide bonds. The number of anilines is 1. The van der Waals surface area contributed by atoms with Crippen LogP contribution in [0.5, 0.6) is 0 Å². The zero-order valence-electron chi connectivity index (χ0n) is 18.0. The molecule has 34 heavy (non-hydrogen) atoms. The van der Waals surface area contributed by atoms with E-state index in [2.05, 4.69) is 4.98 Å². The summed E-state index contributed by atoms with van der Waals surface area (Å²) in [6.07, 6.45) is 0. The number of hydrogen-bond acceptors (Lipinski definition) is 7. The van der Waals surface area contributed by atoms with E-state index >= 15 is 0 Å². The van der Waals surface area contributed by atoms with E-state index in [1.165, 1.54) is 48.5 Å². The van der Waals surface area contributed by atoms with Crippen molar-refractivity contribution in [2.24, 2.45) is 0 Å². The minimum absolute atomic E-state index is 0.0761. The maximum atomic E-state index is 13.6. The van der Waals surface area contributed by atoms with Crippen molar-refractivity contribution in [1.29, 1.82) is 0 Å². The molecule has 0 aliphatic carbocycles. The number of rotatable bonds is 5. The van der Waals surface area contributed by atoms with Gasteiger partial charge in [0.25, 0.3) is 5.78 Å². The number of amides is 1. The normalized spacial score (nSPS) is 17.3. The first-order valence-electron chi connectivity index (χ1n) is 10.2. The summed E-state index contributed by atoms with van der Waals surface area (Å²) in [4.78, 5) is 44.2. The predicted octanol–water partition coefficient (Wildman–Crippen LogP) is 5.05. The van der Waals surface area contributed by atoms with Gasteiger partial charge in [0.15, 0.2) is 5.13 Å². The van der Waals surface area contributed by atoms with Crippen molar-refractivity contribution in [2.45, 2.75) is 19.9 Å². The van der Waals surface area contributed by atoms with Gasteiger partial charge >= 0.3 is 11.9 Å². The van der Waals surface area contributed by atoms with Crippen LogP contribution in [0.4, 0.5) is 9.52 Å². The van der Waals surface area contributed by atoms with Gasteiger partial charge in [-0.2, -0.15) is 0 Å². The number of carbonyl (C=O) groups excluding carboxylic acids is 3. The van der Waals surface area contributed by atoms with Gasteiger partial charge in [-0.3, -0.25) is 14.5 Å². The summed E-state index contributed by atoms with van der Waals surface area (Å²) in [6, 6.07) is 10.2. The topological polar surface area (TPSA) is 96.8 Å². The molecule has 1 aliphatic heterocycles. The van der Waals surface area contributed by atoms with E-state index in [1.807, 2.05) is 0 Å². The Morgan fingerprint density at radius 2 is 1.82 bits per heavy atom. The van der Waals surface area contributed by atoms with Crippen LogP contribution in [0.2, 0.25) is 5.02 Å². The van der Waals surface area contributed by atoms with Crippen LogP contribution in [-0.4, -0.2) is 34.4 Å². The van der Waals surface area contributed by atoms with E-state index in [9.17, 15) is 23.9 Å². The fourth-order valence-electron chi connectivity index (χ4n) is 3.62. The second-order valence-electron chi connectivity index (χ2n) is 7.36. The Balaban J connectivity index is 1.90. The molecular weight excluding hydrogens is 483 g/mol. The van der Waals surface area contributed by atoms with Gasteiger partial charge in [0.1, 0.15) is 16.5 Å². The summed E-state index contributed by atoms with van der Waals surface area (Å²) in [5.74, 6) is -3.39. The summed E-state index contributed by atoms with van der Waals surface area (Å²) in [7, 11) is 0. The lowest BCUT2D eigenvalue weighted by molar-refractivity contribution is -0.132. The van der Waals surface area contributed by atoms with E-state index in [4.69, 9.17) is 16.3 Å². The Morgan fingerprint density at radius 1 is 1.18 bits per heavy atom. The van der Waals surface area contributed by atoms with Gasteiger partial charge in [-0.1, -0.05) is 35.1 Å². The molecule has 0 bridgehead atoms. The Hall–Kier alpha value is -3.56. The fraction of sp³-hybridized carbons (Fsp3) is 0.167. The van der Waals surface area contributed by atoms with Crippen LogP contribution in [0, 0.1) is 12.7 Å². The summed E-state index contributed by atoms with van der Waals surface area (Å²) in [6.45, 7) is 3.41. The third kappa shape index (κ3) is 4.20. The number of halogens is 2. The molecule has 1 saturated heterocycles. The molecule has 1 aromatic heterocycles. The number of aliphatic hydroxyl groups excluding tert-OH is 1. The quantitative estimate of drug-likeness (QED) is 0.228. The second kappa shape index (κ2) is 9.36. The Kier molecular flexibility index (Phi) is 6.49. The highest BCUT2D eigenvalue weighted by molar-refractivity contribution is 7.17. The lowest BCUT2D eigenvalue weighted by Gasteiger charge is -2.23. The molecule has 0 unspecified atom stereocenters. The SMILES string of the molecule is CCOC(=O)c1sc(N2C(=O)C(=O)/C(=C(/O)c3ccc(Cl)cc3)[C@@H]2c2ccc(F)cc2)nc1C. The Labute approximate surface area is 203 Å². The number of ketones is 1. The van der Waals surface area contributed by atoms with E-state index in [-0.39, 0.29) is 27.8 Å². The highest BCUT2D eigenvalue weighted by atomic mass is 35.5. The van der Waals surface area contributed by atoms with Gasteiger partial charge in [-0.25, -0.2) is 14.2 Å². The first kappa shape index (κ1) is 23.6. The van der Waals surface area contributed by atoms with Crippen molar-refractivity contribution in [3.8, 4) is 0 Å². The van der Waals surface area contributed by atoms with Crippen molar-refractivity contribution >= 4 is 51.5 Å². The first-order chi connectivity index (χ1) is 16.2. The number of carbonyl (C=O) groups is 3.